The molecule has 0 spiro atoms. The van der Waals surface area contributed by atoms with Crippen molar-refractivity contribution in [3.8, 4) is 0 Å². The summed E-state index contributed by atoms with van der Waals surface area (Å²) in [6, 6.07) is 0.383. The molecule has 1 aromatic rings. The number of imidazole rings is 1. The third-order valence-electron chi connectivity index (χ3n) is 2.70. The lowest BCUT2D eigenvalue weighted by molar-refractivity contribution is 0.598. The Kier molecular flexibility index (Phi) is 2.97. The van der Waals surface area contributed by atoms with Gasteiger partial charge in [0.2, 0.25) is 0 Å². The molecule has 1 atom stereocenters. The van der Waals surface area contributed by atoms with Crippen LogP contribution in [0.4, 0.5) is 0 Å². The second-order valence-electron chi connectivity index (χ2n) is 3.76. The molecule has 0 radical (unpaired) electrons. The molecule has 1 aliphatic rings. The number of hydrogen-bond donors (Lipinski definition) is 1. The number of nitrogens with one attached hydrogen (secondary N) is 1. The van der Waals surface area contributed by atoms with Crippen molar-refractivity contribution in [2.24, 2.45) is 4.99 Å². The van der Waals surface area contributed by atoms with Crippen LogP contribution >= 0.6 is 0 Å². The van der Waals surface area contributed by atoms with Crippen molar-refractivity contribution >= 4 is 12.9 Å². The Balaban J connectivity index is 2.29. The van der Waals surface area contributed by atoms with E-state index in [9.17, 15) is 0 Å². The van der Waals surface area contributed by atoms with Gasteiger partial charge in [0.15, 0.2) is 0 Å². The first-order chi connectivity index (χ1) is 7.33. The lowest BCUT2D eigenvalue weighted by atomic mass is 10.2. The Labute approximate surface area is 89.7 Å². The van der Waals surface area contributed by atoms with E-state index >= 15 is 0 Å². The molecule has 4 nitrogen and oxygen atoms in total. The van der Waals surface area contributed by atoms with E-state index in [1.54, 1.807) is 6.20 Å². The molecule has 0 aromatic carbocycles. The predicted molar refractivity (Wildman–Crippen MR) is 61.8 cm³/mol. The van der Waals surface area contributed by atoms with E-state index in [1.165, 1.54) is 6.42 Å². The van der Waals surface area contributed by atoms with Crippen LogP contribution in [0.1, 0.15) is 30.4 Å². The first kappa shape index (κ1) is 10.1. The highest BCUT2D eigenvalue weighted by molar-refractivity contribution is 5.34. The van der Waals surface area contributed by atoms with Crippen LogP contribution in [0.25, 0.3) is 6.20 Å². The van der Waals surface area contributed by atoms with Crippen molar-refractivity contribution < 1.29 is 0 Å². The van der Waals surface area contributed by atoms with E-state index in [4.69, 9.17) is 0 Å². The summed E-state index contributed by atoms with van der Waals surface area (Å²) in [5, 5.41) is 3.44. The van der Waals surface area contributed by atoms with Gasteiger partial charge in [-0.15, -0.1) is 0 Å². The molecule has 1 aromatic heterocycles. The van der Waals surface area contributed by atoms with Gasteiger partial charge in [-0.2, -0.15) is 0 Å². The summed E-state index contributed by atoms with van der Waals surface area (Å²) in [7, 11) is 0. The number of nitrogens with zero attached hydrogens (tertiary/aromatic N) is 3. The number of hydrogen-bond acceptors (Lipinski definition) is 3. The van der Waals surface area contributed by atoms with Gasteiger partial charge in [-0.05, 0) is 33.0 Å². The molecule has 1 aliphatic heterocycles. The van der Waals surface area contributed by atoms with Crippen molar-refractivity contribution in [2.75, 3.05) is 6.54 Å². The SMILES string of the molecule is C=N/C=C\n1c(C)cnc1C1CCCN1. The van der Waals surface area contributed by atoms with E-state index < -0.39 is 0 Å². The van der Waals surface area contributed by atoms with Crippen LogP contribution in [0.3, 0.4) is 0 Å². The molecule has 1 fully saturated rings. The van der Waals surface area contributed by atoms with Crippen molar-refractivity contribution in [3.63, 3.8) is 0 Å². The van der Waals surface area contributed by atoms with Crippen LogP contribution in [-0.4, -0.2) is 22.8 Å². The molecule has 1 saturated heterocycles. The number of aromatic nitrogens is 2. The zero-order valence-electron chi connectivity index (χ0n) is 8.98. The maximum absolute atomic E-state index is 4.44. The summed E-state index contributed by atoms with van der Waals surface area (Å²) >= 11 is 0. The molecule has 0 aliphatic carbocycles. The van der Waals surface area contributed by atoms with E-state index in [0.29, 0.717) is 6.04 Å². The zero-order chi connectivity index (χ0) is 10.7. The highest BCUT2D eigenvalue weighted by atomic mass is 15.1. The van der Waals surface area contributed by atoms with Crippen LogP contribution in [-0.2, 0) is 0 Å². The first-order valence-electron chi connectivity index (χ1n) is 5.22. The normalized spacial score (nSPS) is 21.3. The smallest absolute Gasteiger partial charge is 0.130 e. The van der Waals surface area contributed by atoms with Gasteiger partial charge in [0.25, 0.3) is 0 Å². The largest absolute Gasteiger partial charge is 0.307 e. The van der Waals surface area contributed by atoms with Crippen LogP contribution in [0.15, 0.2) is 17.4 Å². The minimum Gasteiger partial charge on any atom is -0.307 e. The molecule has 15 heavy (non-hydrogen) atoms. The fourth-order valence-corrected chi connectivity index (χ4v) is 1.94. The Bertz CT molecular complexity index is 372. The molecule has 80 valence electrons. The lowest BCUT2D eigenvalue weighted by Gasteiger charge is -2.10. The molecule has 1 unspecified atom stereocenters. The molecule has 0 saturated carbocycles. The third kappa shape index (κ3) is 1.99. The van der Waals surface area contributed by atoms with Gasteiger partial charge in [0.1, 0.15) is 5.82 Å². The fraction of sp³-hybridized carbons (Fsp3) is 0.455. The third-order valence-corrected chi connectivity index (χ3v) is 2.70. The standard InChI is InChI=1S/C11H16N4/c1-9-8-14-11(10-4-3-5-13-10)15(9)7-6-12-2/h6-8,10,13H,2-5H2,1H3/b7-6-. The summed E-state index contributed by atoms with van der Waals surface area (Å²) in [4.78, 5) is 8.16. The quantitative estimate of drug-likeness (QED) is 0.762. The fourth-order valence-electron chi connectivity index (χ4n) is 1.94. The van der Waals surface area contributed by atoms with Crippen molar-refractivity contribution in [2.45, 2.75) is 25.8 Å². The van der Waals surface area contributed by atoms with Gasteiger partial charge in [-0.1, -0.05) is 0 Å². The van der Waals surface area contributed by atoms with E-state index in [2.05, 4.69) is 26.6 Å². The highest BCUT2D eigenvalue weighted by Crippen LogP contribution is 2.22. The molecule has 2 rings (SSSR count). The van der Waals surface area contributed by atoms with Crippen molar-refractivity contribution in [3.05, 3.63) is 23.9 Å². The van der Waals surface area contributed by atoms with Gasteiger partial charge in [-0.25, -0.2) is 4.98 Å². The summed E-state index contributed by atoms with van der Waals surface area (Å²) in [6.07, 6.45) is 7.87. The Morgan fingerprint density at radius 1 is 1.73 bits per heavy atom. The van der Waals surface area contributed by atoms with Crippen molar-refractivity contribution in [1.29, 1.82) is 0 Å². The topological polar surface area (TPSA) is 42.2 Å². The summed E-state index contributed by atoms with van der Waals surface area (Å²) in [5.41, 5.74) is 1.12. The molecular weight excluding hydrogens is 188 g/mol. The van der Waals surface area contributed by atoms with Crippen LogP contribution in [0.2, 0.25) is 0 Å². The van der Waals surface area contributed by atoms with Crippen LogP contribution in [0, 0.1) is 6.92 Å². The van der Waals surface area contributed by atoms with Crippen LogP contribution in [0.5, 0.6) is 0 Å². The summed E-state index contributed by atoms with van der Waals surface area (Å²) in [5.74, 6) is 1.07. The van der Waals surface area contributed by atoms with Gasteiger partial charge < -0.3 is 9.88 Å². The maximum atomic E-state index is 4.44. The number of aryl methyl sites for hydroxylation is 1. The summed E-state index contributed by atoms with van der Waals surface area (Å²) in [6.45, 7) is 6.55. The molecular formula is C11H16N4. The molecule has 0 amide bonds. The predicted octanol–water partition coefficient (Wildman–Crippen LogP) is 1.74. The Morgan fingerprint density at radius 3 is 3.27 bits per heavy atom. The average molecular weight is 204 g/mol. The van der Waals surface area contributed by atoms with Gasteiger partial charge in [0, 0.05) is 24.3 Å². The molecule has 1 N–H and O–H groups in total. The zero-order valence-corrected chi connectivity index (χ0v) is 8.98. The first-order valence-corrected chi connectivity index (χ1v) is 5.22. The second-order valence-corrected chi connectivity index (χ2v) is 3.76. The van der Waals surface area contributed by atoms with Crippen LogP contribution < -0.4 is 5.32 Å². The lowest BCUT2D eigenvalue weighted by Crippen LogP contribution is -2.16. The average Bonchev–Trinajstić information content (AvgIpc) is 2.84. The van der Waals surface area contributed by atoms with Gasteiger partial charge >= 0.3 is 0 Å². The Morgan fingerprint density at radius 2 is 2.60 bits per heavy atom. The van der Waals surface area contributed by atoms with Gasteiger partial charge in [0.05, 0.1) is 6.04 Å². The maximum Gasteiger partial charge on any atom is 0.130 e. The van der Waals surface area contributed by atoms with Gasteiger partial charge in [-0.3, -0.25) is 4.99 Å². The van der Waals surface area contributed by atoms with E-state index in [0.717, 1.165) is 24.5 Å². The highest BCUT2D eigenvalue weighted by Gasteiger charge is 2.20. The van der Waals surface area contributed by atoms with E-state index in [1.807, 2.05) is 19.3 Å². The Hall–Kier alpha value is -1.42. The van der Waals surface area contributed by atoms with E-state index in [-0.39, 0.29) is 0 Å². The summed E-state index contributed by atoms with van der Waals surface area (Å²) < 4.78 is 2.07. The number of aliphatic imine (C=N–C) groups is 1. The molecule has 4 heteroatoms. The molecule has 0 bridgehead atoms. The molecule has 2 heterocycles. The van der Waals surface area contributed by atoms with Crippen molar-refractivity contribution in [1.82, 2.24) is 14.9 Å². The monoisotopic (exact) mass is 204 g/mol. The minimum absolute atomic E-state index is 0.383. The number of rotatable bonds is 3. The second kappa shape index (κ2) is 4.40. The minimum atomic E-state index is 0.383.